The number of nitro groups is 1. The van der Waals surface area contributed by atoms with Gasteiger partial charge in [-0.15, -0.1) is 11.8 Å². The van der Waals surface area contributed by atoms with Gasteiger partial charge in [0.05, 0.1) is 4.92 Å². The number of thioether (sulfide) groups is 1. The average Bonchev–Trinajstić information content (AvgIpc) is 2.46. The van der Waals surface area contributed by atoms with E-state index < -0.39 is 0 Å². The Kier molecular flexibility index (Phi) is 5.03. The molecule has 0 saturated heterocycles. The van der Waals surface area contributed by atoms with Crippen molar-refractivity contribution in [1.29, 1.82) is 0 Å². The Morgan fingerprint density at radius 1 is 1.25 bits per heavy atom. The maximum atomic E-state index is 11.0. The van der Waals surface area contributed by atoms with Crippen molar-refractivity contribution in [2.24, 2.45) is 0 Å². The van der Waals surface area contributed by atoms with Gasteiger partial charge in [0.1, 0.15) is 5.69 Å². The van der Waals surface area contributed by atoms with Crippen LogP contribution >= 0.6 is 27.7 Å². The summed E-state index contributed by atoms with van der Waals surface area (Å²) in [5.74, 6) is 0. The molecule has 2 aromatic carbocycles. The van der Waals surface area contributed by atoms with Crippen molar-refractivity contribution < 1.29 is 4.92 Å². The predicted molar refractivity (Wildman–Crippen MR) is 86.3 cm³/mol. The fourth-order valence-electron chi connectivity index (χ4n) is 1.75. The number of rotatable bonds is 5. The summed E-state index contributed by atoms with van der Waals surface area (Å²) in [7, 11) is 0. The zero-order chi connectivity index (χ0) is 14.5. The van der Waals surface area contributed by atoms with Crippen molar-refractivity contribution >= 4 is 39.1 Å². The SMILES string of the molecule is CSc1ccc(CNc2ccc(Br)cc2[N+](=O)[O-])cc1. The second kappa shape index (κ2) is 6.76. The van der Waals surface area contributed by atoms with E-state index in [2.05, 4.69) is 21.2 Å². The maximum Gasteiger partial charge on any atom is 0.293 e. The first kappa shape index (κ1) is 14.9. The number of nitro benzene ring substituents is 1. The van der Waals surface area contributed by atoms with Crippen LogP contribution in [0.15, 0.2) is 51.8 Å². The number of hydrogen-bond donors (Lipinski definition) is 1. The molecule has 1 N–H and O–H groups in total. The van der Waals surface area contributed by atoms with Gasteiger partial charge in [-0.25, -0.2) is 0 Å². The quantitative estimate of drug-likeness (QED) is 0.481. The van der Waals surface area contributed by atoms with E-state index in [0.29, 0.717) is 16.7 Å². The van der Waals surface area contributed by atoms with Crippen molar-refractivity contribution in [3.63, 3.8) is 0 Å². The smallest absolute Gasteiger partial charge is 0.293 e. The van der Waals surface area contributed by atoms with Crippen LogP contribution in [0.1, 0.15) is 5.56 Å². The lowest BCUT2D eigenvalue weighted by Gasteiger charge is -2.08. The van der Waals surface area contributed by atoms with Gasteiger partial charge in [-0.05, 0) is 36.1 Å². The molecule has 0 atom stereocenters. The molecule has 0 radical (unpaired) electrons. The molecule has 0 heterocycles. The molecule has 0 aliphatic carbocycles. The van der Waals surface area contributed by atoms with E-state index in [1.165, 1.54) is 11.0 Å². The van der Waals surface area contributed by atoms with Crippen LogP contribution in [-0.4, -0.2) is 11.2 Å². The van der Waals surface area contributed by atoms with Gasteiger partial charge >= 0.3 is 0 Å². The van der Waals surface area contributed by atoms with Gasteiger partial charge in [-0.3, -0.25) is 10.1 Å². The summed E-state index contributed by atoms with van der Waals surface area (Å²) in [6.07, 6.45) is 2.03. The Morgan fingerprint density at radius 3 is 2.55 bits per heavy atom. The first-order valence-electron chi connectivity index (χ1n) is 5.91. The minimum absolute atomic E-state index is 0.0695. The second-order valence-corrected chi connectivity index (χ2v) is 5.92. The number of halogens is 1. The molecule has 0 aliphatic heterocycles. The molecule has 0 bridgehead atoms. The zero-order valence-corrected chi connectivity index (χ0v) is 13.2. The van der Waals surface area contributed by atoms with E-state index in [4.69, 9.17) is 0 Å². The first-order valence-corrected chi connectivity index (χ1v) is 7.92. The molecule has 0 unspecified atom stereocenters. The Bertz CT molecular complexity index is 617. The van der Waals surface area contributed by atoms with E-state index >= 15 is 0 Å². The van der Waals surface area contributed by atoms with Crippen molar-refractivity contribution in [2.75, 3.05) is 11.6 Å². The van der Waals surface area contributed by atoms with Gasteiger partial charge in [0, 0.05) is 22.0 Å². The van der Waals surface area contributed by atoms with Crippen LogP contribution in [0, 0.1) is 10.1 Å². The van der Waals surface area contributed by atoms with Gasteiger partial charge in [0.25, 0.3) is 5.69 Å². The number of benzene rings is 2. The third-order valence-corrected chi connectivity index (χ3v) is 4.04. The van der Waals surface area contributed by atoms with Gasteiger partial charge in [0.2, 0.25) is 0 Å². The highest BCUT2D eigenvalue weighted by atomic mass is 79.9. The largest absolute Gasteiger partial charge is 0.375 e. The number of hydrogen-bond acceptors (Lipinski definition) is 4. The van der Waals surface area contributed by atoms with E-state index in [1.807, 2.05) is 30.5 Å². The van der Waals surface area contributed by atoms with E-state index in [9.17, 15) is 10.1 Å². The highest BCUT2D eigenvalue weighted by Gasteiger charge is 2.13. The Balaban J connectivity index is 2.12. The Labute approximate surface area is 129 Å². The number of nitrogens with zero attached hydrogens (tertiary/aromatic N) is 1. The predicted octanol–water partition coefficient (Wildman–Crippen LogP) is 4.69. The van der Waals surface area contributed by atoms with E-state index in [1.54, 1.807) is 23.9 Å². The first-order chi connectivity index (χ1) is 9.60. The summed E-state index contributed by atoms with van der Waals surface area (Å²) in [6.45, 7) is 0.553. The molecular weight excluding hydrogens is 340 g/mol. The standard InChI is InChI=1S/C14H13BrN2O2S/c1-20-12-5-2-10(3-6-12)9-16-13-7-4-11(15)8-14(13)17(18)19/h2-8,16H,9H2,1H3. The van der Waals surface area contributed by atoms with Crippen LogP contribution in [-0.2, 0) is 6.54 Å². The molecule has 0 aromatic heterocycles. The third-order valence-electron chi connectivity index (χ3n) is 2.80. The van der Waals surface area contributed by atoms with Gasteiger partial charge in [-0.2, -0.15) is 0 Å². The summed E-state index contributed by atoms with van der Waals surface area (Å²) in [6, 6.07) is 13.1. The van der Waals surface area contributed by atoms with Gasteiger partial charge < -0.3 is 5.32 Å². The van der Waals surface area contributed by atoms with Crippen molar-refractivity contribution in [3.05, 3.63) is 62.6 Å². The zero-order valence-electron chi connectivity index (χ0n) is 10.8. The summed E-state index contributed by atoms with van der Waals surface area (Å²) >= 11 is 4.93. The van der Waals surface area contributed by atoms with Gasteiger partial charge in [0.15, 0.2) is 0 Å². The highest BCUT2D eigenvalue weighted by molar-refractivity contribution is 9.10. The van der Waals surface area contributed by atoms with Crippen molar-refractivity contribution in [2.45, 2.75) is 11.4 Å². The van der Waals surface area contributed by atoms with Crippen LogP contribution in [0.25, 0.3) is 0 Å². The summed E-state index contributed by atoms with van der Waals surface area (Å²) < 4.78 is 0.694. The minimum atomic E-state index is -0.385. The van der Waals surface area contributed by atoms with Crippen LogP contribution in [0.4, 0.5) is 11.4 Å². The molecule has 104 valence electrons. The maximum absolute atomic E-state index is 11.0. The summed E-state index contributed by atoms with van der Waals surface area (Å²) in [5, 5.41) is 14.1. The minimum Gasteiger partial charge on any atom is -0.375 e. The average molecular weight is 353 g/mol. The molecule has 2 aromatic rings. The normalized spacial score (nSPS) is 10.3. The molecule has 0 saturated carbocycles. The molecule has 0 spiro atoms. The Hall–Kier alpha value is -1.53. The molecule has 0 amide bonds. The number of anilines is 1. The lowest BCUT2D eigenvalue weighted by Crippen LogP contribution is -2.02. The van der Waals surface area contributed by atoms with Crippen LogP contribution in [0.5, 0.6) is 0 Å². The Morgan fingerprint density at radius 2 is 1.95 bits per heavy atom. The number of nitrogens with one attached hydrogen (secondary N) is 1. The van der Waals surface area contributed by atoms with Crippen LogP contribution in [0.2, 0.25) is 0 Å². The fourth-order valence-corrected chi connectivity index (χ4v) is 2.50. The van der Waals surface area contributed by atoms with E-state index in [-0.39, 0.29) is 10.6 Å². The highest BCUT2D eigenvalue weighted by Crippen LogP contribution is 2.28. The molecule has 20 heavy (non-hydrogen) atoms. The molecule has 0 aliphatic rings. The summed E-state index contributed by atoms with van der Waals surface area (Å²) in [5.41, 5.74) is 1.67. The second-order valence-electron chi connectivity index (χ2n) is 4.12. The summed E-state index contributed by atoms with van der Waals surface area (Å²) in [4.78, 5) is 11.8. The molecule has 0 fully saturated rings. The van der Waals surface area contributed by atoms with Gasteiger partial charge in [-0.1, -0.05) is 28.1 Å². The van der Waals surface area contributed by atoms with Crippen LogP contribution in [0.3, 0.4) is 0 Å². The third kappa shape index (κ3) is 3.74. The lowest BCUT2D eigenvalue weighted by atomic mass is 10.2. The molecule has 4 nitrogen and oxygen atoms in total. The fraction of sp³-hybridized carbons (Fsp3) is 0.143. The lowest BCUT2D eigenvalue weighted by molar-refractivity contribution is -0.384. The molecule has 6 heteroatoms. The van der Waals surface area contributed by atoms with E-state index in [0.717, 1.165) is 5.56 Å². The molecular formula is C14H13BrN2O2S. The van der Waals surface area contributed by atoms with Crippen LogP contribution < -0.4 is 5.32 Å². The van der Waals surface area contributed by atoms with Crippen molar-refractivity contribution in [3.8, 4) is 0 Å². The van der Waals surface area contributed by atoms with Crippen molar-refractivity contribution in [1.82, 2.24) is 0 Å². The monoisotopic (exact) mass is 352 g/mol. The topological polar surface area (TPSA) is 55.2 Å². The molecule has 2 rings (SSSR count).